The van der Waals surface area contributed by atoms with Crippen molar-refractivity contribution in [3.63, 3.8) is 0 Å². The number of halogens is 1. The van der Waals surface area contributed by atoms with Gasteiger partial charge in [0.2, 0.25) is 0 Å². The van der Waals surface area contributed by atoms with Gasteiger partial charge in [0, 0.05) is 24.7 Å². The molecule has 0 bridgehead atoms. The number of pyridine rings is 2. The summed E-state index contributed by atoms with van der Waals surface area (Å²) in [5.41, 5.74) is -0.364. The maximum Gasteiger partial charge on any atom is 0.251 e. The van der Waals surface area contributed by atoms with E-state index in [1.54, 1.807) is 12.4 Å². The van der Waals surface area contributed by atoms with Gasteiger partial charge in [-0.05, 0) is 12.1 Å². The Bertz CT molecular complexity index is 430. The highest BCUT2D eigenvalue weighted by Crippen LogP contribution is 2.17. The van der Waals surface area contributed by atoms with E-state index in [1.165, 1.54) is 6.20 Å². The molecule has 2 N–H and O–H groups in total. The lowest BCUT2D eigenvalue weighted by Crippen LogP contribution is -2.00. The van der Waals surface area contributed by atoms with Crippen LogP contribution in [0.1, 0.15) is 0 Å². The summed E-state index contributed by atoms with van der Waals surface area (Å²) in [5.74, 6) is -0.194. The van der Waals surface area contributed by atoms with Crippen molar-refractivity contribution in [3.05, 3.63) is 58.2 Å². The van der Waals surface area contributed by atoms with Gasteiger partial charge in [0.15, 0.2) is 0 Å². The molecule has 0 aliphatic carbocycles. The van der Waals surface area contributed by atoms with Crippen molar-refractivity contribution < 1.29 is 5.11 Å². The van der Waals surface area contributed by atoms with E-state index >= 15 is 0 Å². The first-order chi connectivity index (χ1) is 7.20. The lowest BCUT2D eigenvalue weighted by atomic mass is 10.4. The van der Waals surface area contributed by atoms with Crippen molar-refractivity contribution in [2.24, 2.45) is 0 Å². The molecule has 2 heterocycles. The number of rotatable bonds is 0. The van der Waals surface area contributed by atoms with Gasteiger partial charge in [-0.3, -0.25) is 9.78 Å². The number of H-pyrrole nitrogens is 1. The van der Waals surface area contributed by atoms with Crippen LogP contribution in [-0.4, -0.2) is 15.1 Å². The highest BCUT2D eigenvalue weighted by Gasteiger charge is 1.94. The van der Waals surface area contributed by atoms with E-state index in [9.17, 15) is 4.79 Å². The van der Waals surface area contributed by atoms with Crippen LogP contribution < -0.4 is 5.56 Å². The average molecular weight is 225 g/mol. The van der Waals surface area contributed by atoms with Crippen molar-refractivity contribution in [1.82, 2.24) is 9.97 Å². The standard InChI is InChI=1S/C5H4ClNO2.C5H5N/c6-3-2-7-5(9)1-4(3)8;1-2-4-6-5-3-1/h1-2H,(H2,7,8,9);1-5H. The Hall–Kier alpha value is -1.81. The Labute approximate surface area is 91.2 Å². The van der Waals surface area contributed by atoms with Crippen molar-refractivity contribution in [1.29, 1.82) is 0 Å². The first-order valence-corrected chi connectivity index (χ1v) is 4.50. The predicted molar refractivity (Wildman–Crippen MR) is 58.0 cm³/mol. The van der Waals surface area contributed by atoms with Crippen LogP contribution in [0.15, 0.2) is 47.7 Å². The number of nitrogens with one attached hydrogen (secondary N) is 1. The maximum absolute atomic E-state index is 10.4. The van der Waals surface area contributed by atoms with Crippen LogP contribution in [-0.2, 0) is 0 Å². The molecule has 0 radical (unpaired) electrons. The minimum absolute atomic E-state index is 0.148. The minimum Gasteiger partial charge on any atom is -0.506 e. The van der Waals surface area contributed by atoms with Gasteiger partial charge >= 0.3 is 0 Å². The van der Waals surface area contributed by atoms with Crippen LogP contribution in [0.5, 0.6) is 5.75 Å². The first kappa shape index (κ1) is 11.3. The molecule has 0 saturated heterocycles. The summed E-state index contributed by atoms with van der Waals surface area (Å²) in [4.78, 5) is 16.4. The Morgan fingerprint density at radius 1 is 1.27 bits per heavy atom. The second-order valence-electron chi connectivity index (χ2n) is 2.56. The lowest BCUT2D eigenvalue weighted by Gasteiger charge is -1.90. The molecule has 0 saturated carbocycles. The van der Waals surface area contributed by atoms with Gasteiger partial charge in [0.1, 0.15) is 5.75 Å². The summed E-state index contributed by atoms with van der Waals surface area (Å²) in [6, 6.07) is 6.73. The van der Waals surface area contributed by atoms with Crippen LogP contribution >= 0.6 is 11.6 Å². The molecule has 0 atom stereocenters. The van der Waals surface area contributed by atoms with E-state index in [1.807, 2.05) is 18.2 Å². The second-order valence-corrected chi connectivity index (χ2v) is 2.96. The maximum atomic E-state index is 10.4. The first-order valence-electron chi connectivity index (χ1n) is 4.12. The monoisotopic (exact) mass is 224 g/mol. The molecule has 15 heavy (non-hydrogen) atoms. The highest BCUT2D eigenvalue weighted by molar-refractivity contribution is 6.31. The van der Waals surface area contributed by atoms with Crippen LogP contribution in [0, 0.1) is 0 Å². The van der Waals surface area contributed by atoms with E-state index < -0.39 is 0 Å². The van der Waals surface area contributed by atoms with Crippen molar-refractivity contribution in [3.8, 4) is 5.75 Å². The molecule has 2 rings (SSSR count). The molecular weight excluding hydrogens is 216 g/mol. The number of hydrogen-bond donors (Lipinski definition) is 2. The summed E-state index contributed by atoms with van der Waals surface area (Å²) in [6.07, 6.45) is 4.74. The molecule has 78 valence electrons. The van der Waals surface area contributed by atoms with E-state index in [2.05, 4.69) is 9.97 Å². The largest absolute Gasteiger partial charge is 0.506 e. The molecule has 0 spiro atoms. The van der Waals surface area contributed by atoms with Gasteiger partial charge in [-0.2, -0.15) is 0 Å². The highest BCUT2D eigenvalue weighted by atomic mass is 35.5. The Kier molecular flexibility index (Phi) is 4.37. The number of aromatic hydroxyl groups is 1. The summed E-state index contributed by atoms with van der Waals surface area (Å²) >= 11 is 5.36. The molecule has 0 aliphatic rings. The molecule has 0 fully saturated rings. The lowest BCUT2D eigenvalue weighted by molar-refractivity contribution is 0.474. The number of aromatic nitrogens is 2. The van der Waals surface area contributed by atoms with Crippen LogP contribution in [0.4, 0.5) is 0 Å². The molecule has 0 unspecified atom stereocenters. The fourth-order valence-corrected chi connectivity index (χ4v) is 0.865. The molecule has 2 aromatic heterocycles. The fourth-order valence-electron chi connectivity index (χ4n) is 0.756. The summed E-state index contributed by atoms with van der Waals surface area (Å²) < 4.78 is 0. The zero-order chi connectivity index (χ0) is 11.1. The van der Waals surface area contributed by atoms with E-state index in [-0.39, 0.29) is 16.3 Å². The molecule has 0 aliphatic heterocycles. The van der Waals surface area contributed by atoms with Gasteiger partial charge in [-0.1, -0.05) is 17.7 Å². The number of hydrogen-bond acceptors (Lipinski definition) is 3. The third kappa shape index (κ3) is 4.28. The van der Waals surface area contributed by atoms with Gasteiger partial charge < -0.3 is 10.1 Å². The van der Waals surface area contributed by atoms with Gasteiger partial charge in [-0.25, -0.2) is 0 Å². The number of aromatic amines is 1. The smallest absolute Gasteiger partial charge is 0.251 e. The Balaban J connectivity index is 0.000000162. The summed E-state index contributed by atoms with van der Waals surface area (Å²) in [6.45, 7) is 0. The predicted octanol–water partition coefficient (Wildman–Crippen LogP) is 1.82. The van der Waals surface area contributed by atoms with Crippen LogP contribution in [0.25, 0.3) is 0 Å². The van der Waals surface area contributed by atoms with Gasteiger partial charge in [0.25, 0.3) is 5.56 Å². The summed E-state index contributed by atoms with van der Waals surface area (Å²) in [5, 5.41) is 8.90. The zero-order valence-corrected chi connectivity index (χ0v) is 8.48. The minimum atomic E-state index is -0.364. The van der Waals surface area contributed by atoms with E-state index in [0.717, 1.165) is 6.07 Å². The zero-order valence-electron chi connectivity index (χ0n) is 7.72. The molecular formula is C10H9ClN2O2. The third-order valence-corrected chi connectivity index (χ3v) is 1.72. The quantitative estimate of drug-likeness (QED) is 0.717. The second kappa shape index (κ2) is 5.82. The Morgan fingerprint density at radius 2 is 1.93 bits per heavy atom. The van der Waals surface area contributed by atoms with E-state index in [0.29, 0.717) is 0 Å². The average Bonchev–Trinajstić information content (AvgIpc) is 2.27. The van der Waals surface area contributed by atoms with Crippen molar-refractivity contribution in [2.45, 2.75) is 0 Å². The molecule has 4 nitrogen and oxygen atoms in total. The third-order valence-electron chi connectivity index (χ3n) is 1.42. The molecule has 0 amide bonds. The number of nitrogens with zero attached hydrogens (tertiary/aromatic N) is 1. The molecule has 0 aromatic carbocycles. The SMILES string of the molecule is O=c1cc(O)c(Cl)c[nH]1.c1ccncc1. The Morgan fingerprint density at radius 3 is 2.27 bits per heavy atom. The molecule has 2 aromatic rings. The van der Waals surface area contributed by atoms with Crippen LogP contribution in [0.3, 0.4) is 0 Å². The summed E-state index contributed by atoms with van der Waals surface area (Å²) in [7, 11) is 0. The topological polar surface area (TPSA) is 66.0 Å². The fraction of sp³-hybridized carbons (Fsp3) is 0. The normalized spacial score (nSPS) is 8.87. The van der Waals surface area contributed by atoms with Crippen LogP contribution in [0.2, 0.25) is 5.02 Å². The van der Waals surface area contributed by atoms with E-state index in [4.69, 9.17) is 16.7 Å². The molecule has 5 heteroatoms. The van der Waals surface area contributed by atoms with Crippen molar-refractivity contribution >= 4 is 11.6 Å². The van der Waals surface area contributed by atoms with Gasteiger partial charge in [0.05, 0.1) is 5.02 Å². The van der Waals surface area contributed by atoms with Crippen molar-refractivity contribution in [2.75, 3.05) is 0 Å². The van der Waals surface area contributed by atoms with Gasteiger partial charge in [-0.15, -0.1) is 0 Å².